The number of carbonyl (C=O) groups is 1. The summed E-state index contributed by atoms with van der Waals surface area (Å²) in [4.78, 5) is 12.8. The van der Waals surface area contributed by atoms with Crippen LogP contribution in [0.2, 0.25) is 0 Å². The second-order valence-corrected chi connectivity index (χ2v) is 10.2. The molecule has 1 N–H and O–H groups in total. The molecular formula is C24H25IN2O4S. The topological polar surface area (TPSA) is 75.7 Å². The van der Waals surface area contributed by atoms with Gasteiger partial charge in [0.1, 0.15) is 12.3 Å². The number of nitrogens with zero attached hydrogens (tertiary/aromatic N) is 1. The van der Waals surface area contributed by atoms with Gasteiger partial charge in [0.15, 0.2) is 0 Å². The van der Waals surface area contributed by atoms with Crippen molar-refractivity contribution in [1.29, 1.82) is 0 Å². The molecule has 0 heterocycles. The molecule has 8 heteroatoms. The van der Waals surface area contributed by atoms with Gasteiger partial charge in [0.05, 0.1) is 17.7 Å². The van der Waals surface area contributed by atoms with Crippen LogP contribution in [0.1, 0.15) is 12.0 Å². The molecule has 0 fully saturated rings. The van der Waals surface area contributed by atoms with Crippen molar-refractivity contribution in [2.24, 2.45) is 0 Å². The number of amides is 1. The number of ether oxygens (including phenoxy) is 1. The lowest BCUT2D eigenvalue weighted by Gasteiger charge is -2.24. The average Bonchev–Trinajstić information content (AvgIpc) is 2.82. The van der Waals surface area contributed by atoms with E-state index in [-0.39, 0.29) is 17.3 Å². The number of halogens is 1. The maximum absolute atomic E-state index is 13.3. The summed E-state index contributed by atoms with van der Waals surface area (Å²) in [5.41, 5.74) is 1.59. The molecule has 1 amide bonds. The van der Waals surface area contributed by atoms with Gasteiger partial charge in [-0.2, -0.15) is 0 Å². The molecule has 0 radical (unpaired) electrons. The average molecular weight is 564 g/mol. The molecule has 3 aromatic rings. The monoisotopic (exact) mass is 564 g/mol. The van der Waals surface area contributed by atoms with Crippen LogP contribution in [-0.2, 0) is 21.2 Å². The van der Waals surface area contributed by atoms with Gasteiger partial charge in [-0.15, -0.1) is 0 Å². The minimum atomic E-state index is -3.88. The predicted molar refractivity (Wildman–Crippen MR) is 134 cm³/mol. The first-order chi connectivity index (χ1) is 15.4. The summed E-state index contributed by atoms with van der Waals surface area (Å²) in [7, 11) is -2.26. The highest BCUT2D eigenvalue weighted by Gasteiger charge is 2.26. The molecule has 0 unspecified atom stereocenters. The van der Waals surface area contributed by atoms with Gasteiger partial charge < -0.3 is 10.1 Å². The Kier molecular flexibility index (Phi) is 8.52. The fourth-order valence-electron chi connectivity index (χ4n) is 3.14. The third-order valence-electron chi connectivity index (χ3n) is 4.86. The Morgan fingerprint density at radius 2 is 1.62 bits per heavy atom. The van der Waals surface area contributed by atoms with Crippen LogP contribution in [0.15, 0.2) is 83.8 Å². The summed E-state index contributed by atoms with van der Waals surface area (Å²) in [6, 6.07) is 23.0. The summed E-state index contributed by atoms with van der Waals surface area (Å²) >= 11 is 2.15. The number of hydrogen-bond acceptors (Lipinski definition) is 4. The molecule has 6 nitrogen and oxygen atoms in total. The number of hydrogen-bond donors (Lipinski definition) is 1. The van der Waals surface area contributed by atoms with Gasteiger partial charge in [-0.05, 0) is 89.5 Å². The van der Waals surface area contributed by atoms with Crippen molar-refractivity contribution >= 4 is 44.2 Å². The number of sulfonamides is 1. The number of aryl methyl sites for hydroxylation is 1. The molecule has 0 aliphatic carbocycles. The number of rotatable bonds is 10. The molecule has 0 aromatic heterocycles. The Morgan fingerprint density at radius 1 is 0.969 bits per heavy atom. The Morgan fingerprint density at radius 3 is 2.25 bits per heavy atom. The maximum atomic E-state index is 13.3. The van der Waals surface area contributed by atoms with Crippen LogP contribution in [0, 0.1) is 3.57 Å². The van der Waals surface area contributed by atoms with Crippen molar-refractivity contribution in [3.05, 3.63) is 88.0 Å². The van der Waals surface area contributed by atoms with E-state index in [0.717, 1.165) is 32.0 Å². The van der Waals surface area contributed by atoms with Crippen LogP contribution >= 0.6 is 22.6 Å². The zero-order chi connectivity index (χ0) is 23.0. The maximum Gasteiger partial charge on any atom is 0.264 e. The Hall–Kier alpha value is -2.59. The summed E-state index contributed by atoms with van der Waals surface area (Å²) in [6.07, 6.45) is 1.54. The first-order valence-corrected chi connectivity index (χ1v) is 12.6. The number of nitrogens with one attached hydrogen (secondary N) is 1. The Balaban J connectivity index is 1.65. The second kappa shape index (κ2) is 11.3. The lowest BCUT2D eigenvalue weighted by Crippen LogP contribution is -2.41. The van der Waals surface area contributed by atoms with Crippen molar-refractivity contribution in [1.82, 2.24) is 5.32 Å². The van der Waals surface area contributed by atoms with Crippen molar-refractivity contribution in [3.63, 3.8) is 0 Å². The van der Waals surface area contributed by atoms with Gasteiger partial charge in [-0.3, -0.25) is 9.10 Å². The number of anilines is 1. The van der Waals surface area contributed by atoms with Crippen molar-refractivity contribution in [2.45, 2.75) is 17.7 Å². The molecule has 168 valence electrons. The number of methoxy groups -OCH3 is 1. The minimum Gasteiger partial charge on any atom is -0.497 e. The molecular weight excluding hydrogens is 539 g/mol. The molecule has 0 saturated heterocycles. The summed E-state index contributed by atoms with van der Waals surface area (Å²) in [5.74, 6) is 0.454. The van der Waals surface area contributed by atoms with Crippen molar-refractivity contribution < 1.29 is 17.9 Å². The molecule has 3 aromatic carbocycles. The second-order valence-electron chi connectivity index (χ2n) is 7.10. The molecule has 0 saturated carbocycles. The molecule has 3 rings (SSSR count). The quantitative estimate of drug-likeness (QED) is 0.295. The fraction of sp³-hybridized carbons (Fsp3) is 0.208. The van der Waals surface area contributed by atoms with Crippen LogP contribution in [-0.4, -0.2) is 34.5 Å². The zero-order valence-corrected chi connectivity index (χ0v) is 20.7. The van der Waals surface area contributed by atoms with Gasteiger partial charge in [-0.1, -0.05) is 30.3 Å². The molecule has 0 atom stereocenters. The van der Waals surface area contributed by atoms with Gasteiger partial charge >= 0.3 is 0 Å². The third-order valence-corrected chi connectivity index (χ3v) is 7.36. The standard InChI is InChI=1S/C24H25IN2O4S/c1-31-22-15-9-19(10-16-22)6-5-17-26-24(28)18-27(21-13-11-20(25)12-14-21)32(29,30)23-7-3-2-4-8-23/h2-4,7-16H,5-6,17-18H2,1H3,(H,26,28). The zero-order valence-electron chi connectivity index (χ0n) is 17.7. The van der Waals surface area contributed by atoms with E-state index in [2.05, 4.69) is 27.9 Å². The number of benzene rings is 3. The van der Waals surface area contributed by atoms with E-state index in [9.17, 15) is 13.2 Å². The van der Waals surface area contributed by atoms with E-state index in [1.165, 1.54) is 12.1 Å². The molecule has 0 bridgehead atoms. The lowest BCUT2D eigenvalue weighted by atomic mass is 10.1. The van der Waals surface area contributed by atoms with E-state index < -0.39 is 10.0 Å². The molecule has 0 aliphatic rings. The molecule has 0 spiro atoms. The van der Waals surface area contributed by atoms with Gasteiger partial charge in [-0.25, -0.2) is 8.42 Å². The van der Waals surface area contributed by atoms with Gasteiger partial charge in [0.25, 0.3) is 10.0 Å². The summed E-state index contributed by atoms with van der Waals surface area (Å²) < 4.78 is 33.8. The minimum absolute atomic E-state index is 0.144. The first kappa shape index (κ1) is 24.1. The van der Waals surface area contributed by atoms with E-state index in [0.29, 0.717) is 12.2 Å². The van der Waals surface area contributed by atoms with E-state index in [1.54, 1.807) is 37.4 Å². The molecule has 0 aliphatic heterocycles. The van der Waals surface area contributed by atoms with E-state index >= 15 is 0 Å². The smallest absolute Gasteiger partial charge is 0.264 e. The highest BCUT2D eigenvalue weighted by Crippen LogP contribution is 2.24. The summed E-state index contributed by atoms with van der Waals surface area (Å²) in [6.45, 7) is 0.164. The normalized spacial score (nSPS) is 11.1. The Bertz CT molecular complexity index is 1120. The van der Waals surface area contributed by atoms with Crippen LogP contribution in [0.25, 0.3) is 0 Å². The van der Waals surface area contributed by atoms with Crippen LogP contribution < -0.4 is 14.4 Å². The van der Waals surface area contributed by atoms with Crippen molar-refractivity contribution in [2.75, 3.05) is 24.5 Å². The summed E-state index contributed by atoms with van der Waals surface area (Å²) in [5, 5.41) is 2.84. The van der Waals surface area contributed by atoms with E-state index in [1.807, 2.05) is 36.4 Å². The highest BCUT2D eigenvalue weighted by molar-refractivity contribution is 14.1. The Labute approximate surface area is 202 Å². The predicted octanol–water partition coefficient (Wildman–Crippen LogP) is 4.24. The first-order valence-electron chi connectivity index (χ1n) is 10.1. The highest BCUT2D eigenvalue weighted by atomic mass is 127. The third kappa shape index (κ3) is 6.46. The number of carbonyl (C=O) groups excluding carboxylic acids is 1. The van der Waals surface area contributed by atoms with E-state index in [4.69, 9.17) is 4.74 Å². The van der Waals surface area contributed by atoms with Crippen LogP contribution in [0.5, 0.6) is 5.75 Å². The fourth-order valence-corrected chi connectivity index (χ4v) is 4.94. The van der Waals surface area contributed by atoms with Crippen molar-refractivity contribution in [3.8, 4) is 5.75 Å². The van der Waals surface area contributed by atoms with Crippen LogP contribution in [0.4, 0.5) is 5.69 Å². The van der Waals surface area contributed by atoms with Gasteiger partial charge in [0.2, 0.25) is 5.91 Å². The SMILES string of the molecule is COc1ccc(CCCNC(=O)CN(c2ccc(I)cc2)S(=O)(=O)c2ccccc2)cc1. The van der Waals surface area contributed by atoms with Gasteiger partial charge in [0, 0.05) is 10.1 Å². The van der Waals surface area contributed by atoms with Crippen LogP contribution in [0.3, 0.4) is 0 Å². The molecule has 32 heavy (non-hydrogen) atoms. The largest absolute Gasteiger partial charge is 0.497 e. The lowest BCUT2D eigenvalue weighted by molar-refractivity contribution is -0.119.